The number of benzene rings is 2. The molecule has 0 spiro atoms. The normalized spacial score (nSPS) is 11.5. The van der Waals surface area contributed by atoms with Crippen molar-refractivity contribution in [3.8, 4) is 5.75 Å². The van der Waals surface area contributed by atoms with Gasteiger partial charge in [-0.05, 0) is 36.4 Å². The number of fused-ring (bicyclic) bond motifs is 1. The van der Waals surface area contributed by atoms with Gasteiger partial charge in [0.05, 0.1) is 19.2 Å². The molecule has 0 saturated carbocycles. The van der Waals surface area contributed by atoms with Crippen LogP contribution in [-0.4, -0.2) is 30.2 Å². The second kappa shape index (κ2) is 7.55. The molecule has 0 saturated heterocycles. The van der Waals surface area contributed by atoms with Crippen molar-refractivity contribution in [1.82, 2.24) is 4.98 Å². The summed E-state index contributed by atoms with van der Waals surface area (Å²) in [6.07, 6.45) is -4.98. The van der Waals surface area contributed by atoms with E-state index in [1.165, 1.54) is 19.2 Å². The molecule has 0 amide bonds. The number of hydrogen-bond acceptors (Lipinski definition) is 4. The molecule has 1 aromatic heterocycles. The van der Waals surface area contributed by atoms with E-state index in [-0.39, 0.29) is 17.7 Å². The Hall–Kier alpha value is -3.00. The van der Waals surface area contributed by atoms with Crippen LogP contribution < -0.4 is 4.74 Å². The zero-order chi connectivity index (χ0) is 20.5. The van der Waals surface area contributed by atoms with Gasteiger partial charge in [-0.1, -0.05) is 17.7 Å². The van der Waals surface area contributed by atoms with Crippen molar-refractivity contribution in [3.05, 3.63) is 64.3 Å². The van der Waals surface area contributed by atoms with Crippen molar-refractivity contribution in [3.63, 3.8) is 0 Å². The Morgan fingerprint density at radius 1 is 1.11 bits per heavy atom. The number of methoxy groups -OCH3 is 1. The van der Waals surface area contributed by atoms with E-state index in [0.29, 0.717) is 21.5 Å². The Morgan fingerprint density at radius 2 is 1.79 bits per heavy atom. The Labute approximate surface area is 162 Å². The van der Waals surface area contributed by atoms with Crippen molar-refractivity contribution in [2.75, 3.05) is 7.11 Å². The molecule has 1 N–H and O–H groups in total. The lowest BCUT2D eigenvalue weighted by atomic mass is 10.0. The number of rotatable bonds is 5. The first kappa shape index (κ1) is 19.8. The van der Waals surface area contributed by atoms with E-state index in [9.17, 15) is 22.8 Å². The van der Waals surface area contributed by atoms with Gasteiger partial charge >= 0.3 is 12.3 Å². The summed E-state index contributed by atoms with van der Waals surface area (Å²) in [5.74, 6) is -1.48. The molecule has 0 aliphatic rings. The molecule has 0 atom stereocenters. The molecule has 3 aromatic rings. The summed E-state index contributed by atoms with van der Waals surface area (Å²) in [7, 11) is 1.23. The lowest BCUT2D eigenvalue weighted by Gasteiger charge is -2.09. The summed E-state index contributed by atoms with van der Waals surface area (Å²) >= 11 is 5.98. The van der Waals surface area contributed by atoms with Gasteiger partial charge in [-0.2, -0.15) is 0 Å². The van der Waals surface area contributed by atoms with Crippen LogP contribution in [0.15, 0.2) is 42.5 Å². The fourth-order valence-electron chi connectivity index (χ4n) is 2.77. The molecule has 3 rings (SSSR count). The predicted octanol–water partition coefficient (Wildman–Crippen LogP) is 4.67. The fraction of sp³-hybridized carbons (Fsp3) is 0.158. The number of H-pyrrole nitrogens is 1. The molecule has 2 aromatic carbocycles. The summed E-state index contributed by atoms with van der Waals surface area (Å²) in [4.78, 5) is 27.6. The van der Waals surface area contributed by atoms with Gasteiger partial charge in [-0.15, -0.1) is 13.2 Å². The molecule has 0 aliphatic heterocycles. The summed E-state index contributed by atoms with van der Waals surface area (Å²) < 4.78 is 45.3. The quantitative estimate of drug-likeness (QED) is 0.489. The van der Waals surface area contributed by atoms with Crippen LogP contribution >= 0.6 is 11.6 Å². The van der Waals surface area contributed by atoms with Crippen LogP contribution in [0.5, 0.6) is 5.75 Å². The van der Waals surface area contributed by atoms with E-state index in [0.717, 1.165) is 12.1 Å². The topological polar surface area (TPSA) is 68.4 Å². The average molecular weight is 412 g/mol. The number of carbonyl (C=O) groups is 2. The first-order valence-corrected chi connectivity index (χ1v) is 8.33. The van der Waals surface area contributed by atoms with Gasteiger partial charge in [0, 0.05) is 27.1 Å². The molecule has 1 heterocycles. The molecule has 5 nitrogen and oxygen atoms in total. The van der Waals surface area contributed by atoms with Crippen molar-refractivity contribution >= 4 is 34.3 Å². The first-order valence-electron chi connectivity index (χ1n) is 7.95. The van der Waals surface area contributed by atoms with Crippen LogP contribution in [0.1, 0.15) is 21.6 Å². The van der Waals surface area contributed by atoms with Crippen molar-refractivity contribution < 1.29 is 32.2 Å². The molecular weight excluding hydrogens is 399 g/mol. The standard InChI is InChI=1S/C19H13ClF3NO4/c1-27-16(25)9-14-13-7-4-11(20)8-15(13)24-17(14)18(26)10-2-5-12(6-3-10)28-19(21,22)23/h2-8,24H,9H2,1H3. The Balaban J connectivity index is 2.00. The monoisotopic (exact) mass is 411 g/mol. The van der Waals surface area contributed by atoms with E-state index in [1.807, 2.05) is 0 Å². The van der Waals surface area contributed by atoms with Crippen LogP contribution in [0.2, 0.25) is 5.02 Å². The summed E-state index contributed by atoms with van der Waals surface area (Å²) in [5, 5.41) is 1.06. The van der Waals surface area contributed by atoms with Crippen molar-refractivity contribution in [1.29, 1.82) is 0 Å². The van der Waals surface area contributed by atoms with Gasteiger partial charge in [0.1, 0.15) is 5.75 Å². The first-order chi connectivity index (χ1) is 13.2. The lowest BCUT2D eigenvalue weighted by molar-refractivity contribution is -0.274. The van der Waals surface area contributed by atoms with Gasteiger partial charge in [-0.3, -0.25) is 9.59 Å². The molecule has 146 valence electrons. The van der Waals surface area contributed by atoms with Gasteiger partial charge in [0.25, 0.3) is 0 Å². The van der Waals surface area contributed by atoms with Crippen LogP contribution in [0.25, 0.3) is 10.9 Å². The minimum atomic E-state index is -4.82. The number of esters is 1. The molecule has 0 fully saturated rings. The van der Waals surface area contributed by atoms with Crippen LogP contribution in [0.3, 0.4) is 0 Å². The minimum Gasteiger partial charge on any atom is -0.469 e. The molecule has 0 radical (unpaired) electrons. The highest BCUT2D eigenvalue weighted by Gasteiger charge is 2.31. The number of alkyl halides is 3. The number of nitrogens with one attached hydrogen (secondary N) is 1. The van der Waals surface area contributed by atoms with Crippen molar-refractivity contribution in [2.24, 2.45) is 0 Å². The summed E-state index contributed by atoms with van der Waals surface area (Å²) in [6.45, 7) is 0. The SMILES string of the molecule is COC(=O)Cc1c(C(=O)c2ccc(OC(F)(F)F)cc2)[nH]c2cc(Cl)ccc12. The van der Waals surface area contributed by atoms with Crippen LogP contribution in [0.4, 0.5) is 13.2 Å². The van der Waals surface area contributed by atoms with Gasteiger partial charge in [-0.25, -0.2) is 0 Å². The largest absolute Gasteiger partial charge is 0.573 e. The molecular formula is C19H13ClF3NO4. The van der Waals surface area contributed by atoms with E-state index in [2.05, 4.69) is 14.5 Å². The van der Waals surface area contributed by atoms with E-state index < -0.39 is 23.9 Å². The van der Waals surface area contributed by atoms with E-state index in [1.54, 1.807) is 18.2 Å². The molecule has 0 aliphatic carbocycles. The Bertz CT molecular complexity index is 1040. The highest BCUT2D eigenvalue weighted by Crippen LogP contribution is 2.29. The van der Waals surface area contributed by atoms with Crippen molar-refractivity contribution in [2.45, 2.75) is 12.8 Å². The number of carbonyl (C=O) groups excluding carboxylic acids is 2. The Kier molecular flexibility index (Phi) is 5.33. The number of ketones is 1. The Morgan fingerprint density at radius 3 is 2.39 bits per heavy atom. The average Bonchev–Trinajstić information content (AvgIpc) is 2.97. The van der Waals surface area contributed by atoms with Gasteiger partial charge in [0.15, 0.2) is 0 Å². The van der Waals surface area contributed by atoms with Gasteiger partial charge in [0.2, 0.25) is 5.78 Å². The number of ether oxygens (including phenoxy) is 2. The summed E-state index contributed by atoms with van der Waals surface area (Å²) in [6, 6.07) is 9.41. The zero-order valence-corrected chi connectivity index (χ0v) is 15.1. The molecule has 28 heavy (non-hydrogen) atoms. The predicted molar refractivity (Wildman–Crippen MR) is 95.6 cm³/mol. The smallest absolute Gasteiger partial charge is 0.469 e. The minimum absolute atomic E-state index is 0.123. The second-order valence-electron chi connectivity index (χ2n) is 5.82. The second-order valence-corrected chi connectivity index (χ2v) is 6.26. The van der Waals surface area contributed by atoms with E-state index in [4.69, 9.17) is 11.6 Å². The maximum absolute atomic E-state index is 12.9. The number of aromatic amines is 1. The third-order valence-corrected chi connectivity index (χ3v) is 4.23. The highest BCUT2D eigenvalue weighted by atomic mass is 35.5. The number of hydrogen-bond donors (Lipinski definition) is 1. The van der Waals surface area contributed by atoms with Crippen LogP contribution in [0, 0.1) is 0 Å². The fourth-order valence-corrected chi connectivity index (χ4v) is 2.95. The maximum atomic E-state index is 12.9. The lowest BCUT2D eigenvalue weighted by Crippen LogP contribution is -2.17. The third-order valence-electron chi connectivity index (χ3n) is 3.99. The zero-order valence-electron chi connectivity index (χ0n) is 14.4. The summed E-state index contributed by atoms with van der Waals surface area (Å²) in [5.41, 5.74) is 1.22. The third kappa shape index (κ3) is 4.28. The molecule has 0 unspecified atom stereocenters. The maximum Gasteiger partial charge on any atom is 0.573 e. The number of aromatic nitrogens is 1. The number of halogens is 4. The highest BCUT2D eigenvalue weighted by molar-refractivity contribution is 6.31. The molecule has 9 heteroatoms. The van der Waals surface area contributed by atoms with Gasteiger partial charge < -0.3 is 14.5 Å². The van der Waals surface area contributed by atoms with Crippen LogP contribution in [-0.2, 0) is 16.0 Å². The van der Waals surface area contributed by atoms with E-state index >= 15 is 0 Å². The molecule has 0 bridgehead atoms.